The monoisotopic (exact) mass is 372 g/mol. The highest BCUT2D eigenvalue weighted by molar-refractivity contribution is 7.86. The van der Waals surface area contributed by atoms with E-state index in [1.54, 1.807) is 27.8 Å². The second-order valence-corrected chi connectivity index (χ2v) is 10.7. The number of hydrogen-bond donors (Lipinski definition) is 1. The Morgan fingerprint density at radius 2 is 1.96 bits per heavy atom. The fourth-order valence-corrected chi connectivity index (χ4v) is 6.03. The van der Waals surface area contributed by atoms with Gasteiger partial charge in [0.1, 0.15) is 5.60 Å². The number of nitrogens with one attached hydrogen (secondary N) is 1. The Labute approximate surface area is 153 Å². The second-order valence-electron chi connectivity index (χ2n) is 9.02. The summed E-state index contributed by atoms with van der Waals surface area (Å²) in [6, 6.07) is 0. The largest absolute Gasteiger partial charge is 0.443 e. The molecular formula is C18H32N2O4S. The number of ether oxygens (including phenoxy) is 1. The van der Waals surface area contributed by atoms with E-state index in [-0.39, 0.29) is 27.8 Å². The van der Waals surface area contributed by atoms with E-state index in [1.165, 1.54) is 5.01 Å². The number of hydrazine groups is 1. The second kappa shape index (κ2) is 6.65. The van der Waals surface area contributed by atoms with Crippen LogP contribution in [0.1, 0.15) is 54.4 Å². The zero-order valence-electron chi connectivity index (χ0n) is 16.5. The van der Waals surface area contributed by atoms with Crippen LogP contribution < -0.4 is 5.43 Å². The molecule has 2 saturated carbocycles. The molecule has 6 nitrogen and oxygen atoms in total. The summed E-state index contributed by atoms with van der Waals surface area (Å²) >= 11 is 0. The molecule has 0 saturated heterocycles. The molecule has 0 aromatic heterocycles. The van der Waals surface area contributed by atoms with E-state index >= 15 is 0 Å². The van der Waals surface area contributed by atoms with Gasteiger partial charge in [-0.05, 0) is 44.9 Å². The molecule has 2 bridgehead atoms. The molecule has 25 heavy (non-hydrogen) atoms. The van der Waals surface area contributed by atoms with Crippen molar-refractivity contribution >= 4 is 22.7 Å². The molecule has 0 radical (unpaired) electrons. The topological polar surface area (TPSA) is 75.7 Å². The zero-order valence-corrected chi connectivity index (χ0v) is 17.3. The fraction of sp³-hybridized carbons (Fsp3) is 0.889. The smallest absolute Gasteiger partial charge is 0.424 e. The van der Waals surface area contributed by atoms with Gasteiger partial charge >= 0.3 is 6.09 Å². The fourth-order valence-electron chi connectivity index (χ4n) is 4.14. The Bertz CT molecular complexity index is 584. The summed E-state index contributed by atoms with van der Waals surface area (Å²) < 4.78 is 18.0. The van der Waals surface area contributed by atoms with Crippen molar-refractivity contribution in [2.45, 2.75) is 65.2 Å². The molecule has 144 valence electrons. The number of ketones is 1. The average molecular weight is 373 g/mol. The number of amides is 1. The maximum absolute atomic E-state index is 12.8. The Morgan fingerprint density at radius 1 is 1.36 bits per heavy atom. The summed E-state index contributed by atoms with van der Waals surface area (Å²) in [4.78, 5) is 24.7. The van der Waals surface area contributed by atoms with Crippen LogP contribution in [0.15, 0.2) is 0 Å². The lowest BCUT2D eigenvalue weighted by molar-refractivity contribution is -0.127. The summed E-state index contributed by atoms with van der Waals surface area (Å²) in [6.45, 7) is 12.1. The van der Waals surface area contributed by atoms with Gasteiger partial charge in [0.25, 0.3) is 0 Å². The molecule has 0 heterocycles. The third kappa shape index (κ3) is 3.63. The third-order valence-corrected chi connectivity index (χ3v) is 7.79. The van der Waals surface area contributed by atoms with Crippen LogP contribution in [0.3, 0.4) is 0 Å². The summed E-state index contributed by atoms with van der Waals surface area (Å²) in [5.74, 6) is 0.689. The minimum Gasteiger partial charge on any atom is -0.443 e. The van der Waals surface area contributed by atoms with Crippen LogP contribution in [-0.2, 0) is 20.3 Å². The highest BCUT2D eigenvalue weighted by atomic mass is 32.2. The lowest BCUT2D eigenvalue weighted by atomic mass is 9.70. The summed E-state index contributed by atoms with van der Waals surface area (Å²) in [7, 11) is 0.336. The Morgan fingerprint density at radius 3 is 2.44 bits per heavy atom. The van der Waals surface area contributed by atoms with Crippen LogP contribution in [0.5, 0.6) is 0 Å². The first-order valence-electron chi connectivity index (χ1n) is 8.93. The molecule has 0 aliphatic heterocycles. The van der Waals surface area contributed by atoms with Gasteiger partial charge in [0.05, 0.1) is 5.25 Å². The van der Waals surface area contributed by atoms with Crippen molar-refractivity contribution in [2.24, 2.45) is 16.7 Å². The molecule has 4 atom stereocenters. The molecule has 7 heteroatoms. The highest BCUT2D eigenvalue weighted by Gasteiger charge is 2.67. The quantitative estimate of drug-likeness (QED) is 0.751. The van der Waals surface area contributed by atoms with Gasteiger partial charge in [-0.2, -0.15) is 0 Å². The van der Waals surface area contributed by atoms with E-state index < -0.39 is 22.5 Å². The van der Waals surface area contributed by atoms with E-state index in [1.807, 2.05) is 6.92 Å². The van der Waals surface area contributed by atoms with Crippen LogP contribution in [0, 0.1) is 16.7 Å². The van der Waals surface area contributed by atoms with Crippen molar-refractivity contribution in [3.63, 3.8) is 0 Å². The molecule has 2 aliphatic carbocycles. The Kier molecular flexibility index (Phi) is 5.42. The number of hydrogen-bond acceptors (Lipinski definition) is 5. The van der Waals surface area contributed by atoms with Crippen LogP contribution in [0.25, 0.3) is 0 Å². The maximum Gasteiger partial charge on any atom is 0.424 e. The first-order valence-corrected chi connectivity index (χ1v) is 10.3. The van der Waals surface area contributed by atoms with Crippen molar-refractivity contribution in [2.75, 3.05) is 19.3 Å². The SMILES string of the molecule is CN(NCCS(=O)C1C(=O)[C@@]2(C)CC[C@@H]1C2(C)C)C(=O)OC(C)(C)C. The number of nitrogens with zero attached hydrogens (tertiary/aromatic N) is 1. The van der Waals surface area contributed by atoms with Crippen LogP contribution >= 0.6 is 0 Å². The molecule has 0 aromatic rings. The third-order valence-electron chi connectivity index (χ3n) is 6.07. The number of rotatable bonds is 5. The van der Waals surface area contributed by atoms with E-state index in [0.717, 1.165) is 12.8 Å². The summed E-state index contributed by atoms with van der Waals surface area (Å²) in [5.41, 5.74) is 1.90. The normalized spacial score (nSPS) is 31.9. The van der Waals surface area contributed by atoms with E-state index in [9.17, 15) is 13.8 Å². The van der Waals surface area contributed by atoms with E-state index in [2.05, 4.69) is 19.3 Å². The van der Waals surface area contributed by atoms with Crippen LogP contribution in [0.2, 0.25) is 0 Å². The minimum atomic E-state index is -1.24. The summed E-state index contributed by atoms with van der Waals surface area (Å²) in [5, 5.41) is 0.887. The highest BCUT2D eigenvalue weighted by Crippen LogP contribution is 2.64. The van der Waals surface area contributed by atoms with E-state index in [0.29, 0.717) is 12.3 Å². The van der Waals surface area contributed by atoms with Crippen LogP contribution in [0.4, 0.5) is 4.79 Å². The van der Waals surface area contributed by atoms with Gasteiger partial charge in [0, 0.05) is 35.6 Å². The van der Waals surface area contributed by atoms with E-state index in [4.69, 9.17) is 4.74 Å². The Balaban J connectivity index is 1.88. The number of carbonyl (C=O) groups is 2. The predicted molar refractivity (Wildman–Crippen MR) is 98.4 cm³/mol. The van der Waals surface area contributed by atoms with Gasteiger partial charge in [-0.15, -0.1) is 0 Å². The molecule has 0 aromatic carbocycles. The van der Waals surface area contributed by atoms with Gasteiger partial charge in [0.2, 0.25) is 0 Å². The maximum atomic E-state index is 12.8. The van der Waals surface area contributed by atoms with Crippen molar-refractivity contribution in [1.29, 1.82) is 0 Å². The first-order chi connectivity index (χ1) is 11.3. The van der Waals surface area contributed by atoms with Crippen molar-refractivity contribution in [3.05, 3.63) is 0 Å². The first kappa shape index (κ1) is 20.4. The average Bonchev–Trinajstić information content (AvgIpc) is 2.77. The van der Waals surface area contributed by atoms with Crippen molar-refractivity contribution in [1.82, 2.24) is 10.4 Å². The lowest BCUT2D eigenvalue weighted by Gasteiger charge is -2.32. The molecule has 2 unspecified atom stereocenters. The number of fused-ring (bicyclic) bond motifs is 2. The zero-order chi connectivity index (χ0) is 19.2. The molecule has 2 fully saturated rings. The van der Waals surface area contributed by atoms with Crippen LogP contribution in [-0.4, -0.2) is 51.3 Å². The molecule has 2 aliphatic rings. The van der Waals surface area contributed by atoms with Crippen molar-refractivity contribution < 1.29 is 18.5 Å². The Hall–Kier alpha value is -0.950. The summed E-state index contributed by atoms with van der Waals surface area (Å²) in [6.07, 6.45) is 1.39. The van der Waals surface area contributed by atoms with Gasteiger partial charge < -0.3 is 4.74 Å². The predicted octanol–water partition coefficient (Wildman–Crippen LogP) is 2.50. The molecule has 2 rings (SSSR count). The molecule has 1 N–H and O–H groups in total. The minimum absolute atomic E-state index is 0.0921. The number of carbonyl (C=O) groups excluding carboxylic acids is 2. The van der Waals surface area contributed by atoms with Gasteiger partial charge in [-0.3, -0.25) is 9.00 Å². The molecular weight excluding hydrogens is 340 g/mol. The number of Topliss-reactive ketones (excluding diaryl/α,β-unsaturated/α-hetero) is 1. The van der Waals surface area contributed by atoms with Gasteiger partial charge in [0.15, 0.2) is 5.78 Å². The lowest BCUT2D eigenvalue weighted by Crippen LogP contribution is -2.45. The van der Waals surface area contributed by atoms with Crippen molar-refractivity contribution in [3.8, 4) is 0 Å². The van der Waals surface area contributed by atoms with Gasteiger partial charge in [-0.1, -0.05) is 20.8 Å². The standard InChI is InChI=1S/C18H32N2O4S/c1-16(2,3)24-15(22)20(7)19-10-11-25(23)13-12-8-9-18(6,14(13)21)17(12,4)5/h12-13,19H,8-11H2,1-7H3/t12-,13?,18+,25?/m0/s1. The molecule has 1 amide bonds. The van der Waals surface area contributed by atoms with Gasteiger partial charge in [-0.25, -0.2) is 15.2 Å². The molecule has 0 spiro atoms.